The average Bonchev–Trinajstić information content (AvgIpc) is 2.09. The molecule has 0 radical (unpaired) electrons. The van der Waals surface area contributed by atoms with Crippen LogP contribution < -0.4 is 4.74 Å². The third-order valence-corrected chi connectivity index (χ3v) is 2.77. The molecule has 1 rings (SSSR count). The molecule has 16 heavy (non-hydrogen) atoms. The lowest BCUT2D eigenvalue weighted by molar-refractivity contribution is 0.316. The van der Waals surface area contributed by atoms with Crippen LogP contribution in [0.5, 0.6) is 5.75 Å². The molecule has 0 atom stereocenters. The molecule has 0 heterocycles. The molecule has 1 aromatic rings. The Morgan fingerprint density at radius 3 is 2.25 bits per heavy atom. The van der Waals surface area contributed by atoms with Crippen LogP contribution in [0.4, 0.5) is 3.89 Å². The Balaban J connectivity index is 2.43. The van der Waals surface area contributed by atoms with Crippen molar-refractivity contribution in [1.82, 2.24) is 0 Å². The highest BCUT2D eigenvalue weighted by atomic mass is 32.3. The lowest BCUT2D eigenvalue weighted by Gasteiger charge is -2.07. The first-order valence-corrected chi connectivity index (χ1v) is 6.55. The van der Waals surface area contributed by atoms with Gasteiger partial charge in [-0.3, -0.25) is 0 Å². The van der Waals surface area contributed by atoms with Crippen molar-refractivity contribution in [2.75, 3.05) is 12.4 Å². The minimum Gasteiger partial charge on any atom is -0.494 e. The van der Waals surface area contributed by atoms with Gasteiger partial charge in [0.15, 0.2) is 0 Å². The third-order valence-electron chi connectivity index (χ3n) is 2.00. The molecule has 0 aliphatic carbocycles. The second-order valence-electron chi connectivity index (χ2n) is 3.77. The van der Waals surface area contributed by atoms with Crippen LogP contribution >= 0.6 is 0 Å². The molecule has 0 bridgehead atoms. The lowest BCUT2D eigenvalue weighted by atomic mass is 10.1. The Hall–Kier alpha value is -1.10. The predicted octanol–water partition coefficient (Wildman–Crippen LogP) is 2.37. The van der Waals surface area contributed by atoms with Gasteiger partial charge in [0.05, 0.1) is 12.4 Å². The summed E-state index contributed by atoms with van der Waals surface area (Å²) in [5.74, 6) is 0.200. The molecular formula is C11H15FO3S. The summed E-state index contributed by atoms with van der Waals surface area (Å²) in [6, 6.07) is 5.73. The Labute approximate surface area is 95.5 Å². The fourth-order valence-electron chi connectivity index (χ4n) is 1.44. The number of aryl methyl sites for hydroxylation is 2. The SMILES string of the molecule is Cc1cc(C)cc(OCCCS(=O)(=O)F)c1. The van der Waals surface area contributed by atoms with Crippen molar-refractivity contribution in [2.24, 2.45) is 0 Å². The van der Waals surface area contributed by atoms with Crippen molar-refractivity contribution < 1.29 is 17.0 Å². The third kappa shape index (κ3) is 5.11. The second kappa shape index (κ2) is 5.30. The zero-order valence-corrected chi connectivity index (χ0v) is 10.2. The summed E-state index contributed by atoms with van der Waals surface area (Å²) in [6.07, 6.45) is 0.159. The number of hydrogen-bond donors (Lipinski definition) is 0. The summed E-state index contributed by atoms with van der Waals surface area (Å²) in [7, 11) is -4.37. The highest BCUT2D eigenvalue weighted by Gasteiger charge is 2.06. The first-order chi connectivity index (χ1) is 7.37. The topological polar surface area (TPSA) is 43.4 Å². The minimum atomic E-state index is -4.37. The molecule has 0 fully saturated rings. The zero-order valence-electron chi connectivity index (χ0n) is 9.36. The highest BCUT2D eigenvalue weighted by molar-refractivity contribution is 7.86. The molecule has 5 heteroatoms. The first kappa shape index (κ1) is 13.0. The van der Waals surface area contributed by atoms with E-state index in [1.165, 1.54) is 0 Å². The molecule has 90 valence electrons. The van der Waals surface area contributed by atoms with Crippen LogP contribution in [-0.4, -0.2) is 20.8 Å². The standard InChI is InChI=1S/C11H15FO3S/c1-9-6-10(2)8-11(7-9)15-4-3-5-16(12,13)14/h6-8H,3-5H2,1-2H3. The molecule has 0 unspecified atom stereocenters. The minimum absolute atomic E-state index is 0.159. The maximum Gasteiger partial charge on any atom is 0.302 e. The Kier molecular flexibility index (Phi) is 4.29. The van der Waals surface area contributed by atoms with Crippen molar-refractivity contribution >= 4 is 10.2 Å². The fourth-order valence-corrected chi connectivity index (χ4v) is 1.90. The highest BCUT2D eigenvalue weighted by Crippen LogP contribution is 2.16. The van der Waals surface area contributed by atoms with Gasteiger partial charge >= 0.3 is 10.2 Å². The van der Waals surface area contributed by atoms with Crippen LogP contribution in [0, 0.1) is 13.8 Å². The molecule has 0 aromatic heterocycles. The van der Waals surface area contributed by atoms with Gasteiger partial charge in [-0.05, 0) is 43.5 Å². The fraction of sp³-hybridized carbons (Fsp3) is 0.455. The van der Waals surface area contributed by atoms with Crippen molar-refractivity contribution in [3.05, 3.63) is 29.3 Å². The number of ether oxygens (including phenoxy) is 1. The quantitative estimate of drug-likeness (QED) is 0.591. The number of benzene rings is 1. The molecular weight excluding hydrogens is 231 g/mol. The van der Waals surface area contributed by atoms with Gasteiger partial charge in [-0.15, -0.1) is 3.89 Å². The summed E-state index contributed by atoms with van der Waals surface area (Å²) < 4.78 is 37.9. The van der Waals surface area contributed by atoms with Crippen LogP contribution in [0.25, 0.3) is 0 Å². The molecule has 0 aliphatic rings. The smallest absolute Gasteiger partial charge is 0.302 e. The summed E-state index contributed by atoms with van der Waals surface area (Å²) >= 11 is 0. The number of rotatable bonds is 5. The molecule has 0 saturated carbocycles. The molecule has 0 saturated heterocycles. The van der Waals surface area contributed by atoms with E-state index < -0.39 is 16.0 Å². The second-order valence-corrected chi connectivity index (χ2v) is 5.25. The maximum atomic E-state index is 12.2. The average molecular weight is 246 g/mol. The molecule has 0 spiro atoms. The van der Waals surface area contributed by atoms with Gasteiger partial charge in [0.2, 0.25) is 0 Å². The van der Waals surface area contributed by atoms with Crippen molar-refractivity contribution in [2.45, 2.75) is 20.3 Å². The van der Waals surface area contributed by atoms with E-state index in [0.29, 0.717) is 5.75 Å². The number of halogens is 1. The van der Waals surface area contributed by atoms with Gasteiger partial charge in [0.1, 0.15) is 5.75 Å². The lowest BCUT2D eigenvalue weighted by Crippen LogP contribution is -2.05. The largest absolute Gasteiger partial charge is 0.494 e. The van der Waals surface area contributed by atoms with Crippen molar-refractivity contribution in [3.63, 3.8) is 0 Å². The van der Waals surface area contributed by atoms with E-state index in [4.69, 9.17) is 4.74 Å². The molecule has 0 amide bonds. The molecule has 3 nitrogen and oxygen atoms in total. The van der Waals surface area contributed by atoms with E-state index >= 15 is 0 Å². The molecule has 0 N–H and O–H groups in total. The van der Waals surface area contributed by atoms with Crippen molar-refractivity contribution in [1.29, 1.82) is 0 Å². The predicted molar refractivity (Wildman–Crippen MR) is 60.9 cm³/mol. The van der Waals surface area contributed by atoms with E-state index in [-0.39, 0.29) is 13.0 Å². The van der Waals surface area contributed by atoms with Crippen LogP contribution in [0.2, 0.25) is 0 Å². The van der Waals surface area contributed by atoms with E-state index in [0.717, 1.165) is 11.1 Å². The van der Waals surface area contributed by atoms with Crippen LogP contribution in [-0.2, 0) is 10.2 Å². The molecule has 1 aromatic carbocycles. The summed E-state index contributed by atoms with van der Waals surface area (Å²) in [4.78, 5) is 0. The Bertz CT molecular complexity index is 434. The van der Waals surface area contributed by atoms with Crippen LogP contribution in [0.3, 0.4) is 0 Å². The Morgan fingerprint density at radius 2 is 1.75 bits per heavy atom. The maximum absolute atomic E-state index is 12.2. The van der Waals surface area contributed by atoms with Gasteiger partial charge in [-0.2, -0.15) is 8.42 Å². The van der Waals surface area contributed by atoms with E-state index in [1.807, 2.05) is 32.0 Å². The normalized spacial score (nSPS) is 11.4. The van der Waals surface area contributed by atoms with Gasteiger partial charge in [-0.1, -0.05) is 6.07 Å². The summed E-state index contributed by atoms with van der Waals surface area (Å²) in [5.41, 5.74) is 2.15. The van der Waals surface area contributed by atoms with Crippen LogP contribution in [0.15, 0.2) is 18.2 Å². The van der Waals surface area contributed by atoms with E-state index in [9.17, 15) is 12.3 Å². The Morgan fingerprint density at radius 1 is 1.19 bits per heavy atom. The summed E-state index contributed by atoms with van der Waals surface area (Å²) in [6.45, 7) is 4.10. The molecule has 0 aliphatic heterocycles. The van der Waals surface area contributed by atoms with Crippen LogP contribution in [0.1, 0.15) is 17.5 Å². The van der Waals surface area contributed by atoms with Gasteiger partial charge in [0.25, 0.3) is 0 Å². The zero-order chi connectivity index (χ0) is 12.2. The van der Waals surface area contributed by atoms with Gasteiger partial charge in [0, 0.05) is 0 Å². The van der Waals surface area contributed by atoms with Gasteiger partial charge in [-0.25, -0.2) is 0 Å². The summed E-state index contributed by atoms with van der Waals surface area (Å²) in [5, 5.41) is 0. The van der Waals surface area contributed by atoms with Gasteiger partial charge < -0.3 is 4.74 Å². The van der Waals surface area contributed by atoms with E-state index in [2.05, 4.69) is 0 Å². The number of hydrogen-bond acceptors (Lipinski definition) is 3. The van der Waals surface area contributed by atoms with E-state index in [1.54, 1.807) is 0 Å². The monoisotopic (exact) mass is 246 g/mol. The first-order valence-electron chi connectivity index (χ1n) is 5.00. The van der Waals surface area contributed by atoms with Crippen molar-refractivity contribution in [3.8, 4) is 5.75 Å².